The van der Waals surface area contributed by atoms with E-state index < -0.39 is 0 Å². The van der Waals surface area contributed by atoms with Gasteiger partial charge in [0.15, 0.2) is 0 Å². The van der Waals surface area contributed by atoms with Gasteiger partial charge in [0.05, 0.1) is 84.2 Å². The van der Waals surface area contributed by atoms with E-state index in [-0.39, 0.29) is 0 Å². The first kappa shape index (κ1) is 82.8. The first-order valence-corrected chi connectivity index (χ1v) is 46.7. The van der Waals surface area contributed by atoms with Crippen LogP contribution in [0.25, 0.3) is 266 Å². The zero-order chi connectivity index (χ0) is 92.8. The lowest BCUT2D eigenvalue weighted by Crippen LogP contribution is -1.97. The van der Waals surface area contributed by atoms with E-state index in [0.29, 0.717) is 0 Å². The average Bonchev–Trinajstić information content (AvgIpc) is 1.49. The maximum atomic E-state index is 6.16. The summed E-state index contributed by atoms with van der Waals surface area (Å²) in [6.07, 6.45) is 1.84. The molecule has 0 unspecified atom stereocenters. The number of rotatable bonds is 12. The summed E-state index contributed by atoms with van der Waals surface area (Å²) in [5.41, 5.74) is 37.7. The lowest BCUT2D eigenvalue weighted by molar-refractivity contribution is 0.668. The first-order valence-electron chi connectivity index (χ1n) is 46.7. The number of fused-ring (bicyclic) bond motifs is 16. The fourth-order valence-electron chi connectivity index (χ4n) is 19.4. The fourth-order valence-corrected chi connectivity index (χ4v) is 19.4. The Kier molecular flexibility index (Phi) is 21.3. The Labute approximate surface area is 803 Å². The summed E-state index contributed by atoms with van der Waals surface area (Å²) in [4.78, 5) is 40.8. The summed E-state index contributed by atoms with van der Waals surface area (Å²) in [5.74, 6) is 0. The lowest BCUT2D eigenvalue weighted by atomic mass is 9.97. The topological polar surface area (TPSA) is 156 Å². The van der Waals surface area contributed by atoms with E-state index in [1.54, 1.807) is 0 Å². The molecule has 0 aliphatic rings. The monoisotopic (exact) mass is 1790 g/mol. The van der Waals surface area contributed by atoms with Crippen molar-refractivity contribution >= 4 is 132 Å². The van der Waals surface area contributed by atoms with Crippen LogP contribution < -0.4 is 0 Å². The molecule has 0 aliphatic carbocycles. The molecule has 9 heterocycles. The van der Waals surface area contributed by atoms with Gasteiger partial charge in [0.2, 0.25) is 0 Å². The Hall–Kier alpha value is -19.0. The Morgan fingerprint density at radius 2 is 0.436 bits per heavy atom. The van der Waals surface area contributed by atoms with Gasteiger partial charge in [-0.2, -0.15) is 0 Å². The molecule has 0 radical (unpaired) electrons. The molecule has 12 heteroatoms. The van der Waals surface area contributed by atoms with Crippen molar-refractivity contribution in [3.63, 3.8) is 0 Å². The highest BCUT2D eigenvalue weighted by atomic mass is 16.3. The molecule has 0 bridgehead atoms. The molecule has 28 rings (SSSR count). The Bertz CT molecular complexity index is 9500. The third-order valence-electron chi connectivity index (χ3n) is 26.0. The molecule has 0 saturated carbocycles. The third kappa shape index (κ3) is 15.6. The summed E-state index contributed by atoms with van der Waals surface area (Å²) < 4.78 is 24.6. The van der Waals surface area contributed by atoms with Crippen molar-refractivity contribution in [1.82, 2.24) is 39.9 Å². The minimum Gasteiger partial charge on any atom is -0.456 e. The predicted octanol–water partition coefficient (Wildman–Crippen LogP) is 34.1. The largest absolute Gasteiger partial charge is 0.456 e. The second-order valence-electron chi connectivity index (χ2n) is 34.5. The van der Waals surface area contributed by atoms with Crippen molar-refractivity contribution in [3.8, 4) is 135 Å². The number of pyridine rings is 2. The van der Waals surface area contributed by atoms with Crippen LogP contribution in [0.5, 0.6) is 0 Å². The molecule has 0 atom stereocenters. The van der Waals surface area contributed by atoms with Gasteiger partial charge in [-0.1, -0.05) is 382 Å². The minimum atomic E-state index is 0.851. The molecular weight excluding hydrogens is 1710 g/mol. The second kappa shape index (κ2) is 36.1. The van der Waals surface area contributed by atoms with Crippen LogP contribution in [0.3, 0.4) is 0 Å². The highest BCUT2D eigenvalue weighted by molar-refractivity contribution is 6.18. The molecular formula is C128H80N8O4. The number of furan rings is 4. The maximum Gasteiger partial charge on any atom is 0.136 e. The zero-order valence-corrected chi connectivity index (χ0v) is 75.4. The smallest absolute Gasteiger partial charge is 0.136 e. The fraction of sp³-hybridized carbons (Fsp3) is 0. The number of nitrogens with zero attached hydrogens (tertiary/aromatic N) is 8. The van der Waals surface area contributed by atoms with E-state index in [4.69, 9.17) is 52.6 Å². The highest BCUT2D eigenvalue weighted by Gasteiger charge is 2.25. The summed E-state index contributed by atoms with van der Waals surface area (Å²) in [7, 11) is 0. The van der Waals surface area contributed by atoms with Crippen LogP contribution in [0.4, 0.5) is 0 Å². The number of para-hydroxylation sites is 7. The molecule has 28 aromatic rings. The molecule has 19 aromatic carbocycles. The van der Waals surface area contributed by atoms with Gasteiger partial charge >= 0.3 is 0 Å². The molecule has 0 saturated heterocycles. The van der Waals surface area contributed by atoms with E-state index in [0.717, 1.165) is 244 Å². The van der Waals surface area contributed by atoms with Gasteiger partial charge in [-0.15, -0.1) is 0 Å². The molecule has 9 aromatic heterocycles. The normalized spacial score (nSPS) is 11.4. The van der Waals surface area contributed by atoms with Gasteiger partial charge in [0, 0.05) is 105 Å². The van der Waals surface area contributed by atoms with Crippen molar-refractivity contribution in [2.24, 2.45) is 0 Å². The van der Waals surface area contributed by atoms with Crippen LogP contribution in [0.15, 0.2) is 503 Å². The molecule has 0 N–H and O–H groups in total. The summed E-state index contributed by atoms with van der Waals surface area (Å²) in [6, 6.07) is 163. The standard InChI is InChI=1S/4C32H20N2O/c1-3-11-21(12-4-1)30-31(22-13-5-2-6-14-22)34-32-24(17-9-18-26(32)33-30)23-16-10-20-28-29(23)25-15-7-8-19-27(25)35-28;1-3-10-21(11-4-1)31-32(22-12-5-2-6-13-22)34-27-20-23(18-19-26(27)33-31)24-15-9-17-29-30(24)25-14-7-8-16-28(25)35-29;1-2-9-21(10-3-1)22-17-19-23(20-18-22)31-32(34-27-14-6-5-13-26(27)33-31)25-12-8-16-29-30(25)24-11-4-7-15-28(24)35-29;1-2-8-21(9-3-1)22-15-17-23(18-16-22)32-25-12-7-19-33-27(25)20-28(34-32)24-11-6-14-30-31(24)26-10-4-5-13-29(26)35-30/h4*1-20H. The maximum absolute atomic E-state index is 6.16. The predicted molar refractivity (Wildman–Crippen MR) is 572 cm³/mol. The lowest BCUT2D eigenvalue weighted by Gasteiger charge is -2.13. The molecule has 12 nitrogen and oxygen atoms in total. The van der Waals surface area contributed by atoms with Crippen molar-refractivity contribution in [2.75, 3.05) is 0 Å². The Morgan fingerprint density at radius 1 is 0.143 bits per heavy atom. The van der Waals surface area contributed by atoms with Crippen LogP contribution in [0, 0.1) is 0 Å². The van der Waals surface area contributed by atoms with E-state index in [2.05, 4.69) is 254 Å². The van der Waals surface area contributed by atoms with Crippen LogP contribution in [-0.4, -0.2) is 39.9 Å². The van der Waals surface area contributed by atoms with Crippen LogP contribution >= 0.6 is 0 Å². The van der Waals surface area contributed by atoms with E-state index in [9.17, 15) is 0 Å². The number of aromatic nitrogens is 8. The first-order chi connectivity index (χ1) is 69.4. The van der Waals surface area contributed by atoms with Gasteiger partial charge in [0.25, 0.3) is 0 Å². The van der Waals surface area contributed by atoms with Crippen molar-refractivity contribution in [3.05, 3.63) is 485 Å². The quantitative estimate of drug-likeness (QED) is 0.114. The second-order valence-corrected chi connectivity index (χ2v) is 34.5. The Morgan fingerprint density at radius 3 is 0.914 bits per heavy atom. The molecule has 656 valence electrons. The van der Waals surface area contributed by atoms with Gasteiger partial charge in [-0.3, -0.25) is 4.98 Å². The zero-order valence-electron chi connectivity index (χ0n) is 75.4. The van der Waals surface area contributed by atoms with Crippen molar-refractivity contribution < 1.29 is 17.7 Å². The van der Waals surface area contributed by atoms with E-state index >= 15 is 0 Å². The summed E-state index contributed by atoms with van der Waals surface area (Å²) in [6.45, 7) is 0. The molecule has 0 amide bonds. The van der Waals surface area contributed by atoms with Gasteiger partial charge < -0.3 is 17.7 Å². The van der Waals surface area contributed by atoms with Crippen LogP contribution in [-0.2, 0) is 0 Å². The van der Waals surface area contributed by atoms with Crippen LogP contribution in [0.1, 0.15) is 0 Å². The molecule has 0 fully saturated rings. The van der Waals surface area contributed by atoms with Crippen molar-refractivity contribution in [1.29, 1.82) is 0 Å². The third-order valence-corrected chi connectivity index (χ3v) is 26.0. The summed E-state index contributed by atoms with van der Waals surface area (Å²) in [5, 5.41) is 9.80. The number of benzene rings is 19. The van der Waals surface area contributed by atoms with Crippen LogP contribution in [0.2, 0.25) is 0 Å². The molecule has 140 heavy (non-hydrogen) atoms. The molecule has 0 spiro atoms. The summed E-state index contributed by atoms with van der Waals surface area (Å²) >= 11 is 0. The minimum absolute atomic E-state index is 0.851. The average molecular weight is 1790 g/mol. The van der Waals surface area contributed by atoms with E-state index in [1.165, 1.54) is 22.3 Å². The van der Waals surface area contributed by atoms with Gasteiger partial charge in [-0.05, 0) is 136 Å². The van der Waals surface area contributed by atoms with Gasteiger partial charge in [0.1, 0.15) is 44.7 Å². The van der Waals surface area contributed by atoms with Crippen molar-refractivity contribution in [2.45, 2.75) is 0 Å². The number of hydrogen-bond donors (Lipinski definition) is 0. The number of hydrogen-bond acceptors (Lipinski definition) is 12. The Balaban J connectivity index is 0.0000000985. The highest BCUT2D eigenvalue weighted by Crippen LogP contribution is 2.47. The SMILES string of the molecule is c1ccc(-c2ccc(-c3nc(-c4cccc5oc6ccccc6c45)cc4ncccc34)cc2)cc1.c1ccc(-c2ccc(-c3nc4ccccc4nc3-c3cccc4oc5ccccc5c34)cc2)cc1.c1ccc(-c2nc3ccc(-c4cccc5oc6ccccc6c45)cc3nc2-c2ccccc2)cc1.c1ccc(-c2nc3cccc(-c4cccc5oc6ccccc6c45)c3nc2-c2ccccc2)cc1. The van der Waals surface area contributed by atoms with E-state index in [1.807, 2.05) is 237 Å². The molecule has 0 aliphatic heterocycles. The van der Waals surface area contributed by atoms with Gasteiger partial charge in [-0.25, -0.2) is 34.9 Å².